The van der Waals surface area contributed by atoms with Gasteiger partial charge in [-0.25, -0.2) is 5.84 Å². The smallest absolute Gasteiger partial charge is 0.243 e. The third-order valence-electron chi connectivity index (χ3n) is 3.25. The molecule has 1 fully saturated rings. The highest BCUT2D eigenvalue weighted by atomic mass is 16.3. The molecule has 19 heavy (non-hydrogen) atoms. The van der Waals surface area contributed by atoms with E-state index in [1.165, 1.54) is 0 Å². The maximum absolute atomic E-state index is 9.28. The molecule has 1 aliphatic carbocycles. The molecule has 1 saturated carbocycles. The Labute approximate surface area is 112 Å². The molecule has 0 unspecified atom stereocenters. The number of hydrogen-bond acceptors (Lipinski definition) is 8. The van der Waals surface area contributed by atoms with Gasteiger partial charge in [-0.15, -0.1) is 0 Å². The minimum absolute atomic E-state index is 0.214. The van der Waals surface area contributed by atoms with Crippen LogP contribution in [-0.2, 0) is 0 Å². The number of nitrogens with one attached hydrogen (secondary N) is 2. The van der Waals surface area contributed by atoms with Crippen LogP contribution in [0.1, 0.15) is 26.7 Å². The summed E-state index contributed by atoms with van der Waals surface area (Å²) in [7, 11) is 0. The highest BCUT2D eigenvalue weighted by Crippen LogP contribution is 2.23. The number of aliphatic hydroxyl groups is 1. The molecule has 8 nitrogen and oxygen atoms in total. The van der Waals surface area contributed by atoms with E-state index in [9.17, 15) is 5.11 Å². The van der Waals surface area contributed by atoms with Crippen molar-refractivity contribution in [3.63, 3.8) is 0 Å². The van der Waals surface area contributed by atoms with Crippen molar-refractivity contribution < 1.29 is 5.11 Å². The number of anilines is 3. The van der Waals surface area contributed by atoms with Crippen LogP contribution in [0.2, 0.25) is 0 Å². The molecule has 1 aromatic heterocycles. The second-order valence-corrected chi connectivity index (χ2v) is 4.57. The summed E-state index contributed by atoms with van der Waals surface area (Å²) in [5.41, 5.74) is 2.45. The van der Waals surface area contributed by atoms with Gasteiger partial charge in [0.1, 0.15) is 0 Å². The Bertz CT molecular complexity index is 418. The van der Waals surface area contributed by atoms with Crippen LogP contribution in [0.25, 0.3) is 0 Å². The molecule has 0 bridgehead atoms. The minimum Gasteiger partial charge on any atom is -0.393 e. The predicted molar refractivity (Wildman–Crippen MR) is 73.8 cm³/mol. The first-order valence-corrected chi connectivity index (χ1v) is 6.58. The van der Waals surface area contributed by atoms with Crippen molar-refractivity contribution in [2.45, 2.75) is 38.8 Å². The van der Waals surface area contributed by atoms with Crippen molar-refractivity contribution in [2.75, 3.05) is 28.7 Å². The summed E-state index contributed by atoms with van der Waals surface area (Å²) in [5.74, 6) is 6.79. The first-order chi connectivity index (χ1) is 9.16. The Morgan fingerprint density at radius 2 is 1.84 bits per heavy atom. The van der Waals surface area contributed by atoms with Crippen LogP contribution >= 0.6 is 0 Å². The first-order valence-electron chi connectivity index (χ1n) is 6.58. The van der Waals surface area contributed by atoms with Gasteiger partial charge in [0.25, 0.3) is 0 Å². The monoisotopic (exact) mass is 267 g/mol. The topological polar surface area (TPSA) is 112 Å². The number of hydrazine groups is 1. The highest BCUT2D eigenvalue weighted by Gasteiger charge is 2.28. The summed E-state index contributed by atoms with van der Waals surface area (Å²) in [6.07, 6.45) is 1.23. The van der Waals surface area contributed by atoms with Gasteiger partial charge in [0, 0.05) is 19.1 Å². The maximum Gasteiger partial charge on any atom is 0.243 e. The van der Waals surface area contributed by atoms with E-state index < -0.39 is 0 Å². The second kappa shape index (κ2) is 5.98. The second-order valence-electron chi connectivity index (χ2n) is 4.57. The van der Waals surface area contributed by atoms with E-state index in [1.807, 2.05) is 18.7 Å². The summed E-state index contributed by atoms with van der Waals surface area (Å²) < 4.78 is 0. The minimum atomic E-state index is -0.214. The summed E-state index contributed by atoms with van der Waals surface area (Å²) in [6.45, 7) is 5.70. The van der Waals surface area contributed by atoms with E-state index in [0.29, 0.717) is 17.8 Å². The van der Waals surface area contributed by atoms with Crippen LogP contribution in [0, 0.1) is 0 Å². The number of aromatic nitrogens is 3. The Morgan fingerprint density at radius 1 is 1.21 bits per heavy atom. The normalized spacial score (nSPS) is 21.7. The Hall–Kier alpha value is -1.67. The van der Waals surface area contributed by atoms with Gasteiger partial charge in [-0.2, -0.15) is 15.0 Å². The molecule has 0 spiro atoms. The summed E-state index contributed by atoms with van der Waals surface area (Å²) in [4.78, 5) is 14.8. The zero-order valence-electron chi connectivity index (χ0n) is 11.3. The van der Waals surface area contributed by atoms with Gasteiger partial charge in [0.2, 0.25) is 17.8 Å². The van der Waals surface area contributed by atoms with E-state index in [2.05, 4.69) is 25.7 Å². The fourth-order valence-electron chi connectivity index (χ4n) is 2.03. The van der Waals surface area contributed by atoms with Gasteiger partial charge < -0.3 is 15.3 Å². The molecule has 0 radical (unpaired) electrons. The Balaban J connectivity index is 2.15. The van der Waals surface area contributed by atoms with Crippen LogP contribution in [0.5, 0.6) is 0 Å². The van der Waals surface area contributed by atoms with Crippen molar-refractivity contribution >= 4 is 17.8 Å². The van der Waals surface area contributed by atoms with Crippen LogP contribution in [0.15, 0.2) is 0 Å². The third-order valence-corrected chi connectivity index (χ3v) is 3.25. The molecule has 0 amide bonds. The fraction of sp³-hybridized carbons (Fsp3) is 0.727. The van der Waals surface area contributed by atoms with E-state index >= 15 is 0 Å². The van der Waals surface area contributed by atoms with Gasteiger partial charge >= 0.3 is 0 Å². The van der Waals surface area contributed by atoms with Gasteiger partial charge in [0.05, 0.1) is 6.10 Å². The van der Waals surface area contributed by atoms with Crippen molar-refractivity contribution in [1.29, 1.82) is 0 Å². The van der Waals surface area contributed by atoms with E-state index in [-0.39, 0.29) is 12.1 Å². The lowest BCUT2D eigenvalue weighted by Gasteiger charge is -2.32. The number of nitrogens with two attached hydrogens (primary N) is 1. The third kappa shape index (κ3) is 3.21. The number of aliphatic hydroxyl groups excluding tert-OH is 1. The molecule has 2 rings (SSSR count). The molecule has 1 aliphatic rings. The van der Waals surface area contributed by atoms with Crippen molar-refractivity contribution in [2.24, 2.45) is 5.84 Å². The van der Waals surface area contributed by atoms with Crippen molar-refractivity contribution in [3.05, 3.63) is 0 Å². The maximum atomic E-state index is 9.28. The molecule has 8 heteroatoms. The first kappa shape index (κ1) is 13.8. The molecule has 5 N–H and O–H groups in total. The molecule has 106 valence electrons. The molecule has 0 aromatic carbocycles. The summed E-state index contributed by atoms with van der Waals surface area (Å²) >= 11 is 0. The van der Waals surface area contributed by atoms with Gasteiger partial charge in [-0.05, 0) is 26.7 Å². The molecule has 1 heterocycles. The molecular formula is C11H21N7O. The SMILES string of the molecule is CCN(CC)c1nc(NN)nc(NC2CC(O)C2)n1. The average Bonchev–Trinajstić information content (AvgIpc) is 2.38. The lowest BCUT2D eigenvalue weighted by Crippen LogP contribution is -2.39. The van der Waals surface area contributed by atoms with Crippen LogP contribution in [-0.4, -0.2) is 45.3 Å². The van der Waals surface area contributed by atoms with Crippen molar-refractivity contribution in [1.82, 2.24) is 15.0 Å². The average molecular weight is 267 g/mol. The van der Waals surface area contributed by atoms with Crippen LogP contribution < -0.4 is 21.5 Å². The Kier molecular flexibility index (Phi) is 4.33. The van der Waals surface area contributed by atoms with Gasteiger partial charge in [0.15, 0.2) is 0 Å². The lowest BCUT2D eigenvalue weighted by molar-refractivity contribution is 0.0834. The Morgan fingerprint density at radius 3 is 2.37 bits per heavy atom. The summed E-state index contributed by atoms with van der Waals surface area (Å²) in [5, 5.41) is 12.5. The quantitative estimate of drug-likeness (QED) is 0.419. The lowest BCUT2D eigenvalue weighted by atomic mass is 9.90. The van der Waals surface area contributed by atoms with E-state index in [0.717, 1.165) is 25.9 Å². The molecule has 0 saturated heterocycles. The number of rotatable bonds is 6. The van der Waals surface area contributed by atoms with Crippen LogP contribution in [0.3, 0.4) is 0 Å². The fourth-order valence-corrected chi connectivity index (χ4v) is 2.03. The number of hydrogen-bond donors (Lipinski definition) is 4. The van der Waals surface area contributed by atoms with E-state index in [1.54, 1.807) is 0 Å². The molecular weight excluding hydrogens is 246 g/mol. The van der Waals surface area contributed by atoms with Crippen LogP contribution in [0.4, 0.5) is 17.8 Å². The summed E-state index contributed by atoms with van der Waals surface area (Å²) in [6, 6.07) is 0.215. The number of nitrogens with zero attached hydrogens (tertiary/aromatic N) is 4. The standard InChI is InChI=1S/C11H21N7O/c1-3-18(4-2)11-15-9(14-10(16-11)17-12)13-7-5-8(19)6-7/h7-8,19H,3-6,12H2,1-2H3,(H2,13,14,15,16,17). The molecule has 1 aromatic rings. The van der Waals surface area contributed by atoms with Gasteiger partial charge in [-0.1, -0.05) is 0 Å². The molecule has 0 atom stereocenters. The largest absolute Gasteiger partial charge is 0.393 e. The number of nitrogen functional groups attached to an aromatic ring is 1. The van der Waals surface area contributed by atoms with Gasteiger partial charge in [-0.3, -0.25) is 5.43 Å². The zero-order valence-corrected chi connectivity index (χ0v) is 11.3. The zero-order chi connectivity index (χ0) is 13.8. The highest BCUT2D eigenvalue weighted by molar-refractivity contribution is 5.43. The predicted octanol–water partition coefficient (Wildman–Crippen LogP) is -0.0614. The molecule has 0 aliphatic heterocycles. The van der Waals surface area contributed by atoms with Crippen molar-refractivity contribution in [3.8, 4) is 0 Å². The van der Waals surface area contributed by atoms with E-state index in [4.69, 9.17) is 5.84 Å².